The molecule has 6 nitrogen and oxygen atoms in total. The molecule has 3 aromatic rings. The Morgan fingerprint density at radius 1 is 0.971 bits per heavy atom. The molecule has 0 unspecified atom stereocenters. The summed E-state index contributed by atoms with van der Waals surface area (Å²) in [4.78, 5) is 12.7. The lowest BCUT2D eigenvalue weighted by Gasteiger charge is -2.22. The Balaban J connectivity index is 1.85. The maximum absolute atomic E-state index is 13.4. The van der Waals surface area contributed by atoms with Gasteiger partial charge in [-0.15, -0.1) is 0 Å². The minimum absolute atomic E-state index is 0.0329. The maximum atomic E-state index is 13.4. The fourth-order valence-corrected chi connectivity index (χ4v) is 5.26. The number of rotatable bonds is 8. The van der Waals surface area contributed by atoms with Crippen LogP contribution in [-0.2, 0) is 21.4 Å². The molecule has 0 aromatic heterocycles. The number of aryl methyl sites for hydroxylation is 1. The van der Waals surface area contributed by atoms with Crippen molar-refractivity contribution in [1.82, 2.24) is 9.73 Å². The summed E-state index contributed by atoms with van der Waals surface area (Å²) in [6, 6.07) is 15.9. The molecule has 3 aromatic carbocycles. The second kappa shape index (κ2) is 11.5. The second-order valence-electron chi connectivity index (χ2n) is 7.25. The fraction of sp³-hybridized carbons (Fsp3) is 0.130. The lowest BCUT2D eigenvalue weighted by atomic mass is 10.2. The number of sulfonamides is 1. The number of carbonyl (C=O) groups excluding carboxylic acids is 1. The third-order valence-electron chi connectivity index (χ3n) is 4.73. The minimum Gasteiger partial charge on any atom is -0.272 e. The van der Waals surface area contributed by atoms with Crippen molar-refractivity contribution in [2.24, 2.45) is 5.10 Å². The summed E-state index contributed by atoms with van der Waals surface area (Å²) in [6.45, 7) is 1.11. The monoisotopic (exact) mass is 557 g/mol. The molecule has 1 N–H and O–H groups in total. The summed E-state index contributed by atoms with van der Waals surface area (Å²) in [5.41, 5.74) is 4.12. The average molecular weight is 559 g/mol. The predicted octanol–water partition coefficient (Wildman–Crippen LogP) is 5.95. The molecule has 0 radical (unpaired) electrons. The number of hydrogen-bond acceptors (Lipinski definition) is 4. The lowest BCUT2D eigenvalue weighted by Crippen LogP contribution is -2.39. The van der Waals surface area contributed by atoms with Crippen molar-refractivity contribution in [2.45, 2.75) is 18.4 Å². The number of hydrazone groups is 1. The van der Waals surface area contributed by atoms with Gasteiger partial charge in [0.15, 0.2) is 0 Å². The first-order valence-corrected chi connectivity index (χ1v) is 12.8. The van der Waals surface area contributed by atoms with Gasteiger partial charge >= 0.3 is 0 Å². The van der Waals surface area contributed by atoms with Crippen LogP contribution in [0.15, 0.2) is 70.7 Å². The van der Waals surface area contributed by atoms with E-state index in [1.165, 1.54) is 24.4 Å². The Morgan fingerprint density at radius 2 is 1.62 bits per heavy atom. The second-order valence-corrected chi connectivity index (χ2v) is 10.8. The summed E-state index contributed by atoms with van der Waals surface area (Å²) in [6.07, 6.45) is 1.33. The van der Waals surface area contributed by atoms with Crippen molar-refractivity contribution in [2.75, 3.05) is 6.54 Å². The molecule has 0 fully saturated rings. The molecule has 3 rings (SSSR count). The molecule has 34 heavy (non-hydrogen) atoms. The van der Waals surface area contributed by atoms with Gasteiger partial charge in [-0.1, -0.05) is 76.2 Å². The van der Waals surface area contributed by atoms with Crippen LogP contribution in [0.1, 0.15) is 16.7 Å². The number of nitrogens with one attached hydrogen (secondary N) is 1. The van der Waals surface area contributed by atoms with Gasteiger partial charge in [-0.25, -0.2) is 13.8 Å². The van der Waals surface area contributed by atoms with Gasteiger partial charge in [-0.05, 0) is 43.3 Å². The van der Waals surface area contributed by atoms with Crippen molar-refractivity contribution in [3.8, 4) is 0 Å². The Kier molecular flexibility index (Phi) is 8.98. The zero-order valence-electron chi connectivity index (χ0n) is 17.8. The molecule has 0 bridgehead atoms. The van der Waals surface area contributed by atoms with Crippen molar-refractivity contribution < 1.29 is 13.2 Å². The average Bonchev–Trinajstić information content (AvgIpc) is 2.77. The molecule has 0 aliphatic heterocycles. The van der Waals surface area contributed by atoms with Gasteiger partial charge in [-0.2, -0.15) is 9.41 Å². The number of halogens is 4. The van der Waals surface area contributed by atoms with Crippen molar-refractivity contribution >= 4 is 68.5 Å². The maximum Gasteiger partial charge on any atom is 0.255 e. The number of hydrogen-bond donors (Lipinski definition) is 1. The van der Waals surface area contributed by atoms with E-state index in [2.05, 4.69) is 10.5 Å². The zero-order valence-corrected chi connectivity index (χ0v) is 21.6. The molecule has 178 valence electrons. The summed E-state index contributed by atoms with van der Waals surface area (Å²) < 4.78 is 27.7. The van der Waals surface area contributed by atoms with Gasteiger partial charge in [0.25, 0.3) is 5.91 Å². The van der Waals surface area contributed by atoms with Gasteiger partial charge in [0, 0.05) is 32.7 Å². The Labute approximate surface area is 218 Å². The SMILES string of the molecule is Cc1ccc(S(=O)(=O)N(CC(=O)N/N=C\c2ccc(Cl)cc2Cl)Cc2c(Cl)cccc2Cl)cc1. The van der Waals surface area contributed by atoms with Crippen LogP contribution in [0.3, 0.4) is 0 Å². The first-order chi connectivity index (χ1) is 16.1. The minimum atomic E-state index is -4.07. The van der Waals surface area contributed by atoms with Crippen LogP contribution in [0.5, 0.6) is 0 Å². The molecule has 0 aliphatic rings. The van der Waals surface area contributed by atoms with Crippen LogP contribution in [0, 0.1) is 6.92 Å². The van der Waals surface area contributed by atoms with Crippen LogP contribution < -0.4 is 5.43 Å². The molecule has 0 saturated heterocycles. The van der Waals surface area contributed by atoms with Crippen LogP contribution in [0.25, 0.3) is 0 Å². The number of carbonyl (C=O) groups is 1. The van der Waals surface area contributed by atoms with Gasteiger partial charge in [0.05, 0.1) is 22.7 Å². The molecule has 1 amide bonds. The van der Waals surface area contributed by atoms with E-state index < -0.39 is 22.5 Å². The van der Waals surface area contributed by atoms with Crippen LogP contribution in [0.2, 0.25) is 20.1 Å². The Morgan fingerprint density at radius 3 is 2.24 bits per heavy atom. The topological polar surface area (TPSA) is 78.8 Å². The van der Waals surface area contributed by atoms with Crippen molar-refractivity contribution in [3.05, 3.63) is 97.4 Å². The third-order valence-corrected chi connectivity index (χ3v) is 7.81. The third kappa shape index (κ3) is 6.72. The van der Waals surface area contributed by atoms with Gasteiger partial charge in [0.1, 0.15) is 0 Å². The standard InChI is InChI=1S/C23H19Cl4N3O3S/c1-15-5-9-18(10-6-15)34(32,33)30(13-19-20(25)3-2-4-21(19)26)14-23(31)29-28-12-16-7-8-17(24)11-22(16)27/h2-12H,13-14H2,1H3,(H,29,31)/b28-12-. The molecular formula is C23H19Cl4N3O3S. The highest BCUT2D eigenvalue weighted by Crippen LogP contribution is 2.28. The van der Waals surface area contributed by atoms with E-state index in [0.29, 0.717) is 21.2 Å². The van der Waals surface area contributed by atoms with Crippen LogP contribution >= 0.6 is 46.4 Å². The molecule has 11 heteroatoms. The van der Waals surface area contributed by atoms with Gasteiger partial charge < -0.3 is 0 Å². The molecule has 0 saturated carbocycles. The van der Waals surface area contributed by atoms with Crippen molar-refractivity contribution in [3.63, 3.8) is 0 Å². The van der Waals surface area contributed by atoms with Crippen molar-refractivity contribution in [1.29, 1.82) is 0 Å². The number of amides is 1. The summed E-state index contributed by atoms with van der Waals surface area (Å²) in [5.74, 6) is -0.666. The summed E-state index contributed by atoms with van der Waals surface area (Å²) >= 11 is 24.5. The van der Waals surface area contributed by atoms with Gasteiger partial charge in [0.2, 0.25) is 10.0 Å². The zero-order chi connectivity index (χ0) is 24.9. The largest absolute Gasteiger partial charge is 0.272 e. The Bertz CT molecular complexity index is 1310. The summed E-state index contributed by atoms with van der Waals surface area (Å²) in [5, 5.41) is 5.25. The fourth-order valence-electron chi connectivity index (χ4n) is 2.92. The van der Waals surface area contributed by atoms with Crippen LogP contribution in [-0.4, -0.2) is 31.4 Å². The smallest absolute Gasteiger partial charge is 0.255 e. The van der Waals surface area contributed by atoms with E-state index in [1.54, 1.807) is 42.5 Å². The highest BCUT2D eigenvalue weighted by Gasteiger charge is 2.28. The summed E-state index contributed by atoms with van der Waals surface area (Å²) in [7, 11) is -4.07. The lowest BCUT2D eigenvalue weighted by molar-refractivity contribution is -0.121. The molecule has 0 atom stereocenters. The molecular weight excluding hydrogens is 540 g/mol. The van der Waals surface area contributed by atoms with E-state index in [9.17, 15) is 13.2 Å². The van der Waals surface area contributed by atoms with E-state index in [4.69, 9.17) is 46.4 Å². The van der Waals surface area contributed by atoms with E-state index in [-0.39, 0.29) is 21.5 Å². The molecule has 0 heterocycles. The Hall–Kier alpha value is -2.13. The quantitative estimate of drug-likeness (QED) is 0.274. The number of nitrogens with zero attached hydrogens (tertiary/aromatic N) is 2. The van der Waals surface area contributed by atoms with Gasteiger partial charge in [-0.3, -0.25) is 4.79 Å². The highest BCUT2D eigenvalue weighted by molar-refractivity contribution is 7.89. The molecule has 0 aliphatic carbocycles. The normalized spacial score (nSPS) is 11.8. The molecule has 0 spiro atoms. The van der Waals surface area contributed by atoms with E-state index in [0.717, 1.165) is 9.87 Å². The first-order valence-electron chi connectivity index (χ1n) is 9.84. The number of benzene rings is 3. The van der Waals surface area contributed by atoms with E-state index in [1.807, 2.05) is 6.92 Å². The van der Waals surface area contributed by atoms with Crippen LogP contribution in [0.4, 0.5) is 0 Å². The predicted molar refractivity (Wildman–Crippen MR) is 137 cm³/mol. The first kappa shape index (κ1) is 26.5. The highest BCUT2D eigenvalue weighted by atomic mass is 35.5. The van der Waals surface area contributed by atoms with E-state index >= 15 is 0 Å².